The van der Waals surface area contributed by atoms with E-state index in [0.29, 0.717) is 17.8 Å². The molecule has 4 rings (SSSR count). The van der Waals surface area contributed by atoms with Crippen LogP contribution in [0.2, 0.25) is 0 Å². The van der Waals surface area contributed by atoms with Gasteiger partial charge in [0, 0.05) is 12.3 Å². The first-order valence-electron chi connectivity index (χ1n) is 9.78. The maximum atomic E-state index is 11.8. The molecule has 3 nitrogen and oxygen atoms in total. The standard InChI is InChI=1S/C23H28O3/c1-5-23(26-15(2)24)13-11-21-20-8-6-16-14-17(25-4)7-9-18(16)19(20)10-12-22(21,23)3/h1,7,9,14,19-21H,6,8,10-13H2,2-4H3/t19-,20-,21-,22+,23+/m1/s1. The van der Waals surface area contributed by atoms with Crippen LogP contribution in [-0.4, -0.2) is 18.7 Å². The fourth-order valence-corrected chi connectivity index (χ4v) is 6.36. The van der Waals surface area contributed by atoms with Crippen molar-refractivity contribution in [3.63, 3.8) is 0 Å². The van der Waals surface area contributed by atoms with Gasteiger partial charge in [-0.3, -0.25) is 4.79 Å². The van der Waals surface area contributed by atoms with E-state index in [0.717, 1.165) is 37.9 Å². The SMILES string of the molecule is C#C[C@]1(OC(C)=O)CC[C@@H]2[C@@H]3CCc4cc(OC)ccc4[C@H]3CC[C@@]21C. The van der Waals surface area contributed by atoms with Gasteiger partial charge in [0.1, 0.15) is 5.75 Å². The fraction of sp³-hybridized carbons (Fsp3) is 0.609. The summed E-state index contributed by atoms with van der Waals surface area (Å²) in [5.74, 6) is 5.35. The first kappa shape index (κ1) is 17.5. The molecule has 3 heteroatoms. The zero-order valence-corrected chi connectivity index (χ0v) is 16.0. The van der Waals surface area contributed by atoms with E-state index in [2.05, 4.69) is 31.0 Å². The van der Waals surface area contributed by atoms with Crippen molar-refractivity contribution < 1.29 is 14.3 Å². The normalized spacial score (nSPS) is 37.7. The van der Waals surface area contributed by atoms with Gasteiger partial charge in [-0.2, -0.15) is 0 Å². The van der Waals surface area contributed by atoms with Crippen LogP contribution in [0.1, 0.15) is 63.0 Å². The number of hydrogen-bond acceptors (Lipinski definition) is 3. The van der Waals surface area contributed by atoms with Gasteiger partial charge in [-0.05, 0) is 79.5 Å². The van der Waals surface area contributed by atoms with E-state index in [4.69, 9.17) is 15.9 Å². The van der Waals surface area contributed by atoms with Crippen molar-refractivity contribution >= 4 is 5.97 Å². The van der Waals surface area contributed by atoms with Crippen LogP contribution < -0.4 is 4.74 Å². The quantitative estimate of drug-likeness (QED) is 0.581. The Balaban J connectivity index is 1.68. The third-order valence-corrected chi connectivity index (χ3v) is 7.60. The zero-order valence-electron chi connectivity index (χ0n) is 16.0. The summed E-state index contributed by atoms with van der Waals surface area (Å²) in [7, 11) is 1.73. The molecule has 5 atom stereocenters. The Morgan fingerprint density at radius 1 is 1.27 bits per heavy atom. The van der Waals surface area contributed by atoms with E-state index in [9.17, 15) is 4.79 Å². The highest BCUT2D eigenvalue weighted by Crippen LogP contribution is 2.65. The van der Waals surface area contributed by atoms with Gasteiger partial charge in [0.15, 0.2) is 5.60 Å². The van der Waals surface area contributed by atoms with E-state index >= 15 is 0 Å². The van der Waals surface area contributed by atoms with Crippen LogP contribution in [0.15, 0.2) is 18.2 Å². The van der Waals surface area contributed by atoms with Crippen LogP contribution in [0, 0.1) is 29.6 Å². The Morgan fingerprint density at radius 2 is 2.08 bits per heavy atom. The summed E-state index contributed by atoms with van der Waals surface area (Å²) in [6.07, 6.45) is 12.2. The Morgan fingerprint density at radius 3 is 2.77 bits per heavy atom. The molecule has 0 radical (unpaired) electrons. The van der Waals surface area contributed by atoms with Crippen molar-refractivity contribution in [1.29, 1.82) is 0 Å². The molecular formula is C23H28O3. The maximum Gasteiger partial charge on any atom is 0.304 e. The lowest BCUT2D eigenvalue weighted by atomic mass is 9.53. The smallest absolute Gasteiger partial charge is 0.304 e. The number of terminal acetylenes is 1. The fourth-order valence-electron chi connectivity index (χ4n) is 6.36. The van der Waals surface area contributed by atoms with Crippen molar-refractivity contribution in [3.05, 3.63) is 29.3 Å². The molecule has 138 valence electrons. The number of benzene rings is 1. The third kappa shape index (κ3) is 2.31. The highest BCUT2D eigenvalue weighted by atomic mass is 16.6. The molecule has 0 saturated heterocycles. The molecule has 0 aromatic heterocycles. The van der Waals surface area contributed by atoms with Crippen molar-refractivity contribution in [2.75, 3.05) is 7.11 Å². The molecule has 3 aliphatic carbocycles. The summed E-state index contributed by atoms with van der Waals surface area (Å²) in [5.41, 5.74) is 2.10. The zero-order chi connectivity index (χ0) is 18.5. The van der Waals surface area contributed by atoms with Gasteiger partial charge in [-0.15, -0.1) is 6.42 Å². The van der Waals surface area contributed by atoms with Crippen molar-refractivity contribution in [2.24, 2.45) is 17.3 Å². The van der Waals surface area contributed by atoms with Crippen LogP contribution in [0.5, 0.6) is 5.75 Å². The van der Waals surface area contributed by atoms with Gasteiger partial charge in [0.2, 0.25) is 0 Å². The molecule has 0 unspecified atom stereocenters. The molecule has 2 saturated carbocycles. The minimum absolute atomic E-state index is 0.113. The predicted molar refractivity (Wildman–Crippen MR) is 101 cm³/mol. The molecule has 0 aliphatic heterocycles. The highest BCUT2D eigenvalue weighted by molar-refractivity contribution is 5.67. The van der Waals surface area contributed by atoms with Crippen molar-refractivity contribution in [2.45, 2.75) is 63.9 Å². The Labute approximate surface area is 156 Å². The van der Waals surface area contributed by atoms with Crippen LogP contribution in [-0.2, 0) is 16.0 Å². The molecule has 0 amide bonds. The van der Waals surface area contributed by atoms with E-state index in [1.54, 1.807) is 7.11 Å². The van der Waals surface area contributed by atoms with E-state index < -0.39 is 5.60 Å². The summed E-state index contributed by atoms with van der Waals surface area (Å²) in [4.78, 5) is 11.8. The molecule has 2 fully saturated rings. The molecule has 1 aromatic rings. The largest absolute Gasteiger partial charge is 0.497 e. The summed E-state index contributed by atoms with van der Waals surface area (Å²) >= 11 is 0. The van der Waals surface area contributed by atoms with Crippen LogP contribution >= 0.6 is 0 Å². The number of methoxy groups -OCH3 is 1. The highest BCUT2D eigenvalue weighted by Gasteiger charge is 2.63. The minimum Gasteiger partial charge on any atom is -0.497 e. The number of rotatable bonds is 2. The average molecular weight is 352 g/mol. The van der Waals surface area contributed by atoms with Crippen molar-refractivity contribution in [1.82, 2.24) is 0 Å². The third-order valence-electron chi connectivity index (χ3n) is 7.60. The molecule has 0 heterocycles. The van der Waals surface area contributed by atoms with Gasteiger partial charge in [-0.25, -0.2) is 0 Å². The first-order valence-corrected chi connectivity index (χ1v) is 9.78. The summed E-state index contributed by atoms with van der Waals surface area (Å²) in [5, 5.41) is 0. The number of esters is 1. The van der Waals surface area contributed by atoms with Crippen LogP contribution in [0.3, 0.4) is 0 Å². The van der Waals surface area contributed by atoms with Gasteiger partial charge >= 0.3 is 5.97 Å². The van der Waals surface area contributed by atoms with Gasteiger partial charge < -0.3 is 9.47 Å². The Kier molecular flexibility index (Phi) is 4.06. The van der Waals surface area contributed by atoms with E-state index in [1.165, 1.54) is 24.5 Å². The number of carbonyl (C=O) groups is 1. The molecule has 0 spiro atoms. The number of carbonyl (C=O) groups excluding carboxylic acids is 1. The minimum atomic E-state index is -0.728. The Hall–Kier alpha value is -1.95. The molecule has 3 aliphatic rings. The molecule has 0 N–H and O–H groups in total. The average Bonchev–Trinajstić information content (AvgIpc) is 2.93. The van der Waals surface area contributed by atoms with Gasteiger partial charge in [-0.1, -0.05) is 18.9 Å². The second-order valence-corrected chi connectivity index (χ2v) is 8.54. The topological polar surface area (TPSA) is 35.5 Å². The molecule has 1 aromatic carbocycles. The second kappa shape index (κ2) is 6.05. The van der Waals surface area contributed by atoms with Gasteiger partial charge in [0.05, 0.1) is 7.11 Å². The molecule has 0 bridgehead atoms. The summed E-state index contributed by atoms with van der Waals surface area (Å²) in [6, 6.07) is 6.57. The molecule has 26 heavy (non-hydrogen) atoms. The van der Waals surface area contributed by atoms with Crippen LogP contribution in [0.4, 0.5) is 0 Å². The van der Waals surface area contributed by atoms with E-state index in [1.807, 2.05) is 0 Å². The summed E-state index contributed by atoms with van der Waals surface area (Å²) in [6.45, 7) is 3.75. The number of ether oxygens (including phenoxy) is 2. The first-order chi connectivity index (χ1) is 12.4. The summed E-state index contributed by atoms with van der Waals surface area (Å²) < 4.78 is 11.2. The van der Waals surface area contributed by atoms with Gasteiger partial charge in [0.25, 0.3) is 0 Å². The predicted octanol–water partition coefficient (Wildman–Crippen LogP) is 4.49. The van der Waals surface area contributed by atoms with Crippen LogP contribution in [0.25, 0.3) is 0 Å². The number of fused-ring (bicyclic) bond motifs is 5. The van der Waals surface area contributed by atoms with E-state index in [-0.39, 0.29) is 11.4 Å². The maximum absolute atomic E-state index is 11.8. The number of hydrogen-bond donors (Lipinski definition) is 0. The Bertz CT molecular complexity index is 776. The molecular weight excluding hydrogens is 324 g/mol. The lowest BCUT2D eigenvalue weighted by molar-refractivity contribution is -0.165. The second-order valence-electron chi connectivity index (χ2n) is 8.54. The monoisotopic (exact) mass is 352 g/mol. The number of aryl methyl sites for hydroxylation is 1. The lowest BCUT2D eigenvalue weighted by Crippen LogP contribution is -2.52. The lowest BCUT2D eigenvalue weighted by Gasteiger charge is -2.52. The van der Waals surface area contributed by atoms with Crippen molar-refractivity contribution in [3.8, 4) is 18.1 Å².